The molecule has 2 N–H and O–H groups in total. The van der Waals surface area contributed by atoms with E-state index in [0.717, 1.165) is 18.2 Å². The lowest BCUT2D eigenvalue weighted by Crippen LogP contribution is -2.14. The van der Waals surface area contributed by atoms with Gasteiger partial charge in [0.25, 0.3) is 10.0 Å². The molecule has 0 aliphatic heterocycles. The standard InChI is InChI=1S/C15H14ClFN2O4S/c1-9(20)18-10-3-6-15(23-2)14(7-10)19-24(21,22)11-4-5-13(17)12(16)8-11/h3-8,19H,1-2H3,(H,18,20). The molecule has 0 aliphatic carbocycles. The van der Waals surface area contributed by atoms with Gasteiger partial charge in [-0.25, -0.2) is 12.8 Å². The minimum absolute atomic E-state index is 0.115. The molecule has 0 unspecified atom stereocenters. The Balaban J connectivity index is 2.40. The number of nitrogens with one attached hydrogen (secondary N) is 2. The predicted octanol–water partition coefficient (Wildman–Crippen LogP) is 3.25. The molecule has 128 valence electrons. The topological polar surface area (TPSA) is 84.5 Å². The Labute approximate surface area is 143 Å². The molecule has 1 amide bonds. The van der Waals surface area contributed by atoms with Gasteiger partial charge in [0.2, 0.25) is 5.91 Å². The van der Waals surface area contributed by atoms with Gasteiger partial charge in [0.1, 0.15) is 11.6 Å². The largest absolute Gasteiger partial charge is 0.495 e. The zero-order valence-electron chi connectivity index (χ0n) is 12.8. The molecule has 6 nitrogen and oxygen atoms in total. The highest BCUT2D eigenvalue weighted by Crippen LogP contribution is 2.30. The van der Waals surface area contributed by atoms with Gasteiger partial charge in [-0.15, -0.1) is 0 Å². The highest BCUT2D eigenvalue weighted by atomic mass is 35.5. The number of anilines is 2. The van der Waals surface area contributed by atoms with Crippen LogP contribution in [0.5, 0.6) is 5.75 Å². The van der Waals surface area contributed by atoms with E-state index in [1.165, 1.54) is 26.2 Å². The molecule has 2 aromatic rings. The van der Waals surface area contributed by atoms with Crippen LogP contribution in [0.15, 0.2) is 41.3 Å². The first-order chi connectivity index (χ1) is 11.2. The minimum Gasteiger partial charge on any atom is -0.495 e. The van der Waals surface area contributed by atoms with Crippen molar-refractivity contribution in [1.29, 1.82) is 0 Å². The number of benzene rings is 2. The van der Waals surface area contributed by atoms with E-state index in [4.69, 9.17) is 16.3 Å². The lowest BCUT2D eigenvalue weighted by molar-refractivity contribution is -0.114. The molecule has 0 atom stereocenters. The normalized spacial score (nSPS) is 11.0. The van der Waals surface area contributed by atoms with Crippen LogP contribution < -0.4 is 14.8 Å². The molecule has 0 saturated heterocycles. The monoisotopic (exact) mass is 372 g/mol. The van der Waals surface area contributed by atoms with Crippen molar-refractivity contribution in [2.24, 2.45) is 0 Å². The Hall–Kier alpha value is -2.32. The van der Waals surface area contributed by atoms with Gasteiger partial charge in [-0.05, 0) is 36.4 Å². The maximum Gasteiger partial charge on any atom is 0.262 e. The molecule has 0 aliphatic rings. The molecular formula is C15H14ClFN2O4S. The van der Waals surface area contributed by atoms with Crippen molar-refractivity contribution < 1.29 is 22.3 Å². The van der Waals surface area contributed by atoms with Crippen LogP contribution >= 0.6 is 11.6 Å². The molecule has 0 spiro atoms. The molecule has 0 saturated carbocycles. The first kappa shape index (κ1) is 18.0. The number of hydrogen-bond donors (Lipinski definition) is 2. The van der Waals surface area contributed by atoms with Crippen LogP contribution in [0.4, 0.5) is 15.8 Å². The number of ether oxygens (including phenoxy) is 1. The highest BCUT2D eigenvalue weighted by molar-refractivity contribution is 7.92. The summed E-state index contributed by atoms with van der Waals surface area (Å²) >= 11 is 5.62. The van der Waals surface area contributed by atoms with Crippen molar-refractivity contribution in [3.05, 3.63) is 47.2 Å². The van der Waals surface area contributed by atoms with Crippen LogP contribution in [0, 0.1) is 5.82 Å². The predicted molar refractivity (Wildman–Crippen MR) is 89.5 cm³/mol. The molecule has 0 fully saturated rings. The molecular weight excluding hydrogens is 359 g/mol. The molecule has 0 bridgehead atoms. The second-order valence-corrected chi connectivity index (χ2v) is 6.87. The summed E-state index contributed by atoms with van der Waals surface area (Å²) in [6.45, 7) is 1.33. The van der Waals surface area contributed by atoms with E-state index in [0.29, 0.717) is 5.69 Å². The Morgan fingerprint density at radius 1 is 1.21 bits per heavy atom. The third-order valence-electron chi connectivity index (χ3n) is 2.97. The van der Waals surface area contributed by atoms with E-state index >= 15 is 0 Å². The maximum atomic E-state index is 13.2. The first-order valence-electron chi connectivity index (χ1n) is 6.66. The number of halogens is 2. The smallest absolute Gasteiger partial charge is 0.262 e. The third kappa shape index (κ3) is 4.15. The molecule has 2 aromatic carbocycles. The van der Waals surface area contributed by atoms with Crippen molar-refractivity contribution in [2.45, 2.75) is 11.8 Å². The average molecular weight is 373 g/mol. The van der Waals surface area contributed by atoms with E-state index in [2.05, 4.69) is 10.0 Å². The molecule has 9 heteroatoms. The summed E-state index contributed by atoms with van der Waals surface area (Å²) in [7, 11) is -2.65. The van der Waals surface area contributed by atoms with E-state index < -0.39 is 15.8 Å². The Morgan fingerprint density at radius 3 is 2.50 bits per heavy atom. The van der Waals surface area contributed by atoms with Crippen LogP contribution in [-0.2, 0) is 14.8 Å². The zero-order chi connectivity index (χ0) is 17.9. The fourth-order valence-corrected chi connectivity index (χ4v) is 3.25. The van der Waals surface area contributed by atoms with Gasteiger partial charge in [0, 0.05) is 12.6 Å². The van der Waals surface area contributed by atoms with Gasteiger partial charge < -0.3 is 10.1 Å². The van der Waals surface area contributed by atoms with Crippen LogP contribution in [-0.4, -0.2) is 21.4 Å². The minimum atomic E-state index is -4.02. The van der Waals surface area contributed by atoms with E-state index in [-0.39, 0.29) is 27.3 Å². The first-order valence-corrected chi connectivity index (χ1v) is 8.52. The number of amides is 1. The highest BCUT2D eigenvalue weighted by Gasteiger charge is 2.18. The molecule has 0 heterocycles. The van der Waals surface area contributed by atoms with Gasteiger partial charge in [0.15, 0.2) is 0 Å². The van der Waals surface area contributed by atoms with Crippen molar-refractivity contribution in [3.63, 3.8) is 0 Å². The maximum absolute atomic E-state index is 13.2. The SMILES string of the molecule is COc1ccc(NC(C)=O)cc1NS(=O)(=O)c1ccc(F)c(Cl)c1. The number of methoxy groups -OCH3 is 1. The van der Waals surface area contributed by atoms with Crippen LogP contribution in [0.25, 0.3) is 0 Å². The third-order valence-corrected chi connectivity index (χ3v) is 4.62. The fraction of sp³-hybridized carbons (Fsp3) is 0.133. The Bertz CT molecular complexity index is 887. The average Bonchev–Trinajstić information content (AvgIpc) is 2.49. The molecule has 24 heavy (non-hydrogen) atoms. The van der Waals surface area contributed by atoms with Crippen molar-refractivity contribution in [3.8, 4) is 5.75 Å². The summed E-state index contributed by atoms with van der Waals surface area (Å²) < 4.78 is 45.5. The van der Waals surface area contributed by atoms with Gasteiger partial charge in [0.05, 0.1) is 22.7 Å². The van der Waals surface area contributed by atoms with E-state index in [1.54, 1.807) is 6.07 Å². The second-order valence-electron chi connectivity index (χ2n) is 4.78. The number of sulfonamides is 1. The second kappa shape index (κ2) is 7.06. The van der Waals surface area contributed by atoms with Gasteiger partial charge in [-0.1, -0.05) is 11.6 Å². The fourth-order valence-electron chi connectivity index (χ4n) is 1.92. The molecule has 0 radical (unpaired) electrons. The summed E-state index contributed by atoms with van der Waals surface area (Å²) in [5.41, 5.74) is 0.502. The van der Waals surface area contributed by atoms with Crippen molar-refractivity contribution >= 4 is 38.9 Å². The number of carbonyl (C=O) groups excluding carboxylic acids is 1. The van der Waals surface area contributed by atoms with Gasteiger partial charge in [-0.3, -0.25) is 9.52 Å². The van der Waals surface area contributed by atoms with Gasteiger partial charge >= 0.3 is 0 Å². The van der Waals surface area contributed by atoms with Crippen molar-refractivity contribution in [2.75, 3.05) is 17.1 Å². The Morgan fingerprint density at radius 2 is 1.92 bits per heavy atom. The van der Waals surface area contributed by atoms with Crippen molar-refractivity contribution in [1.82, 2.24) is 0 Å². The summed E-state index contributed by atoms with van der Waals surface area (Å²) in [6, 6.07) is 7.52. The summed E-state index contributed by atoms with van der Waals surface area (Å²) in [4.78, 5) is 10.9. The lowest BCUT2D eigenvalue weighted by atomic mass is 10.2. The van der Waals surface area contributed by atoms with E-state index in [9.17, 15) is 17.6 Å². The quantitative estimate of drug-likeness (QED) is 0.843. The molecule has 2 rings (SSSR count). The van der Waals surface area contributed by atoms with Gasteiger partial charge in [-0.2, -0.15) is 0 Å². The van der Waals surface area contributed by atoms with Crippen LogP contribution in [0.3, 0.4) is 0 Å². The Kier molecular flexibility index (Phi) is 5.30. The summed E-state index contributed by atoms with van der Waals surface area (Å²) in [6.07, 6.45) is 0. The summed E-state index contributed by atoms with van der Waals surface area (Å²) in [5, 5.41) is 2.23. The molecule has 0 aromatic heterocycles. The summed E-state index contributed by atoms with van der Waals surface area (Å²) in [5.74, 6) is -0.777. The lowest BCUT2D eigenvalue weighted by Gasteiger charge is -2.14. The number of carbonyl (C=O) groups is 1. The van der Waals surface area contributed by atoms with E-state index in [1.807, 2.05) is 0 Å². The van der Waals surface area contributed by atoms with Crippen LogP contribution in [0.1, 0.15) is 6.92 Å². The zero-order valence-corrected chi connectivity index (χ0v) is 14.3. The van der Waals surface area contributed by atoms with Crippen LogP contribution in [0.2, 0.25) is 5.02 Å². The number of rotatable bonds is 5. The number of hydrogen-bond acceptors (Lipinski definition) is 4.